The topological polar surface area (TPSA) is 49.7 Å². The summed E-state index contributed by atoms with van der Waals surface area (Å²) in [5.41, 5.74) is -0.386. The minimum Gasteiger partial charge on any atom is -0.496 e. The lowest BCUT2D eigenvalue weighted by atomic mass is 10.00. The number of rotatable bonds is 6. The van der Waals surface area contributed by atoms with Crippen LogP contribution in [0.2, 0.25) is 0 Å². The zero-order valence-corrected chi connectivity index (χ0v) is 11.4. The molecule has 0 aliphatic rings. The Hall–Kier alpha value is -1.27. The molecule has 0 aliphatic carbocycles. The van der Waals surface area contributed by atoms with Gasteiger partial charge in [-0.3, -0.25) is 0 Å². The van der Waals surface area contributed by atoms with Crippen molar-refractivity contribution in [2.75, 3.05) is 7.11 Å². The minimum atomic E-state index is -4.41. The van der Waals surface area contributed by atoms with E-state index in [4.69, 9.17) is 4.74 Å². The van der Waals surface area contributed by atoms with Gasteiger partial charge in [0.05, 0.1) is 24.9 Å². The smallest absolute Gasteiger partial charge is 0.416 e. The second kappa shape index (κ2) is 6.95. The van der Waals surface area contributed by atoms with E-state index in [2.05, 4.69) is 0 Å². The van der Waals surface area contributed by atoms with Crippen molar-refractivity contribution in [3.8, 4) is 5.75 Å². The molecular formula is C14H19F3O3. The van der Waals surface area contributed by atoms with Crippen LogP contribution in [0.1, 0.15) is 30.9 Å². The maximum atomic E-state index is 12.7. The van der Waals surface area contributed by atoms with Crippen LogP contribution in [-0.4, -0.2) is 29.5 Å². The third kappa shape index (κ3) is 4.38. The Labute approximate surface area is 116 Å². The Morgan fingerprint density at radius 2 is 1.85 bits per heavy atom. The van der Waals surface area contributed by atoms with Gasteiger partial charge in [-0.2, -0.15) is 13.2 Å². The van der Waals surface area contributed by atoms with Crippen LogP contribution in [0.5, 0.6) is 5.75 Å². The molecule has 6 heteroatoms. The van der Waals surface area contributed by atoms with Crippen molar-refractivity contribution >= 4 is 0 Å². The highest BCUT2D eigenvalue weighted by Gasteiger charge is 2.31. The standard InChI is InChI=1S/C14H19F3O3/c1-3-11(18)12(19)6-4-9-8-10(14(15,16)17)5-7-13(9)20-2/h5,7-8,11-12,18-19H,3-4,6H2,1-2H3. The number of benzene rings is 1. The Kier molecular flexibility index (Phi) is 5.83. The van der Waals surface area contributed by atoms with Crippen molar-refractivity contribution in [1.82, 2.24) is 0 Å². The first kappa shape index (κ1) is 16.8. The molecule has 1 aromatic carbocycles. The Bertz CT molecular complexity index is 432. The second-order valence-corrected chi connectivity index (χ2v) is 4.61. The second-order valence-electron chi connectivity index (χ2n) is 4.61. The van der Waals surface area contributed by atoms with Crippen LogP contribution in [0, 0.1) is 0 Å². The van der Waals surface area contributed by atoms with E-state index < -0.39 is 23.9 Å². The van der Waals surface area contributed by atoms with Crippen LogP contribution in [0.15, 0.2) is 18.2 Å². The first-order valence-electron chi connectivity index (χ1n) is 6.39. The van der Waals surface area contributed by atoms with Gasteiger partial charge in [0.25, 0.3) is 0 Å². The van der Waals surface area contributed by atoms with Crippen molar-refractivity contribution in [3.05, 3.63) is 29.3 Å². The molecule has 0 aromatic heterocycles. The van der Waals surface area contributed by atoms with Gasteiger partial charge < -0.3 is 14.9 Å². The fourth-order valence-electron chi connectivity index (χ4n) is 1.92. The van der Waals surface area contributed by atoms with E-state index in [0.29, 0.717) is 17.7 Å². The summed E-state index contributed by atoms with van der Waals surface area (Å²) >= 11 is 0. The lowest BCUT2D eigenvalue weighted by molar-refractivity contribution is -0.137. The summed E-state index contributed by atoms with van der Waals surface area (Å²) in [6.07, 6.45) is -5.48. The molecule has 1 aromatic rings. The Balaban J connectivity index is 2.87. The molecule has 0 radical (unpaired) electrons. The fraction of sp³-hybridized carbons (Fsp3) is 0.571. The van der Waals surface area contributed by atoms with Crippen LogP contribution < -0.4 is 4.74 Å². The molecule has 0 spiro atoms. The molecule has 2 atom stereocenters. The number of hydrogen-bond acceptors (Lipinski definition) is 3. The van der Waals surface area contributed by atoms with Crippen LogP contribution >= 0.6 is 0 Å². The Morgan fingerprint density at radius 1 is 1.20 bits per heavy atom. The molecule has 2 unspecified atom stereocenters. The van der Waals surface area contributed by atoms with Crippen molar-refractivity contribution in [3.63, 3.8) is 0 Å². The van der Waals surface area contributed by atoms with Crippen molar-refractivity contribution in [2.24, 2.45) is 0 Å². The SMILES string of the molecule is CCC(O)C(O)CCc1cc(C(F)(F)F)ccc1OC. The summed E-state index contributed by atoms with van der Waals surface area (Å²) < 4.78 is 43.0. The minimum absolute atomic E-state index is 0.173. The molecular weight excluding hydrogens is 273 g/mol. The van der Waals surface area contributed by atoms with Gasteiger partial charge in [0.1, 0.15) is 5.75 Å². The molecule has 1 rings (SSSR count). The maximum Gasteiger partial charge on any atom is 0.416 e. The largest absolute Gasteiger partial charge is 0.496 e. The van der Waals surface area contributed by atoms with Crippen molar-refractivity contribution in [1.29, 1.82) is 0 Å². The molecule has 0 saturated heterocycles. The van der Waals surface area contributed by atoms with Crippen LogP contribution in [0.25, 0.3) is 0 Å². The van der Waals surface area contributed by atoms with Gasteiger partial charge in [0.2, 0.25) is 0 Å². The highest BCUT2D eigenvalue weighted by molar-refractivity contribution is 5.38. The first-order valence-corrected chi connectivity index (χ1v) is 6.39. The average molecular weight is 292 g/mol. The van der Waals surface area contributed by atoms with Crippen LogP contribution in [0.3, 0.4) is 0 Å². The molecule has 2 N–H and O–H groups in total. The number of methoxy groups -OCH3 is 1. The lowest BCUT2D eigenvalue weighted by Crippen LogP contribution is -2.25. The summed E-state index contributed by atoms with van der Waals surface area (Å²) in [5, 5.41) is 19.1. The normalized spacial score (nSPS) is 14.9. The average Bonchev–Trinajstić information content (AvgIpc) is 2.42. The van der Waals surface area contributed by atoms with E-state index in [0.717, 1.165) is 12.1 Å². The molecule has 3 nitrogen and oxygen atoms in total. The van der Waals surface area contributed by atoms with Gasteiger partial charge in [-0.25, -0.2) is 0 Å². The van der Waals surface area contributed by atoms with Crippen LogP contribution in [-0.2, 0) is 12.6 Å². The molecule has 0 bridgehead atoms. The number of hydrogen-bond donors (Lipinski definition) is 2. The monoisotopic (exact) mass is 292 g/mol. The van der Waals surface area contributed by atoms with Gasteiger partial charge in [-0.15, -0.1) is 0 Å². The first-order chi connectivity index (χ1) is 9.29. The van der Waals surface area contributed by atoms with E-state index in [-0.39, 0.29) is 12.8 Å². The van der Waals surface area contributed by atoms with Gasteiger partial charge in [-0.1, -0.05) is 6.92 Å². The zero-order valence-electron chi connectivity index (χ0n) is 11.4. The Morgan fingerprint density at radius 3 is 2.35 bits per heavy atom. The highest BCUT2D eigenvalue weighted by Crippen LogP contribution is 2.33. The van der Waals surface area contributed by atoms with E-state index in [1.54, 1.807) is 6.92 Å². The van der Waals surface area contributed by atoms with Crippen LogP contribution in [0.4, 0.5) is 13.2 Å². The molecule has 0 saturated carbocycles. The van der Waals surface area contributed by atoms with Gasteiger partial charge in [0.15, 0.2) is 0 Å². The van der Waals surface area contributed by atoms with E-state index in [9.17, 15) is 23.4 Å². The number of aliphatic hydroxyl groups is 2. The predicted octanol–water partition coefficient (Wildman–Crippen LogP) is 2.78. The number of ether oxygens (including phenoxy) is 1. The highest BCUT2D eigenvalue weighted by atomic mass is 19.4. The molecule has 0 heterocycles. The summed E-state index contributed by atoms with van der Waals surface area (Å²) in [7, 11) is 1.38. The zero-order chi connectivity index (χ0) is 15.3. The number of alkyl halides is 3. The number of aryl methyl sites for hydroxylation is 1. The van der Waals surface area contributed by atoms with Gasteiger partial charge in [-0.05, 0) is 43.0 Å². The molecule has 114 valence electrons. The van der Waals surface area contributed by atoms with Crippen molar-refractivity contribution in [2.45, 2.75) is 44.6 Å². The predicted molar refractivity (Wildman–Crippen MR) is 68.6 cm³/mol. The number of aliphatic hydroxyl groups excluding tert-OH is 2. The lowest BCUT2D eigenvalue weighted by Gasteiger charge is -2.17. The summed E-state index contributed by atoms with van der Waals surface area (Å²) in [6.45, 7) is 1.72. The summed E-state index contributed by atoms with van der Waals surface area (Å²) in [4.78, 5) is 0. The van der Waals surface area contributed by atoms with E-state index in [1.807, 2.05) is 0 Å². The van der Waals surface area contributed by atoms with E-state index in [1.165, 1.54) is 13.2 Å². The third-order valence-electron chi connectivity index (χ3n) is 3.18. The summed E-state index contributed by atoms with van der Waals surface area (Å²) in [5.74, 6) is 0.344. The quantitative estimate of drug-likeness (QED) is 0.847. The number of halogens is 3. The summed E-state index contributed by atoms with van der Waals surface area (Å²) in [6, 6.07) is 3.24. The van der Waals surface area contributed by atoms with Gasteiger partial charge >= 0.3 is 6.18 Å². The fourth-order valence-corrected chi connectivity index (χ4v) is 1.92. The maximum absolute atomic E-state index is 12.7. The van der Waals surface area contributed by atoms with Gasteiger partial charge in [0, 0.05) is 0 Å². The molecule has 0 amide bonds. The third-order valence-corrected chi connectivity index (χ3v) is 3.18. The molecule has 0 fully saturated rings. The molecule has 20 heavy (non-hydrogen) atoms. The van der Waals surface area contributed by atoms with E-state index >= 15 is 0 Å². The van der Waals surface area contributed by atoms with Crippen molar-refractivity contribution < 1.29 is 28.1 Å². The molecule has 0 aliphatic heterocycles.